The first-order chi connectivity index (χ1) is 13.8. The molecule has 152 valence electrons. The SMILES string of the molecule is CCn1cc(C(=O)N2CC(S(=O)(=O)Cc3ccco3)C2)c(=O)c2ccc(C)nc21. The molecule has 0 aliphatic carbocycles. The van der Waals surface area contributed by atoms with Crippen molar-refractivity contribution in [2.24, 2.45) is 0 Å². The zero-order chi connectivity index (χ0) is 20.8. The molecule has 3 aromatic heterocycles. The number of aromatic nitrogens is 2. The molecule has 1 aliphatic rings. The quantitative estimate of drug-likeness (QED) is 0.629. The van der Waals surface area contributed by atoms with E-state index in [1.165, 1.54) is 17.4 Å². The summed E-state index contributed by atoms with van der Waals surface area (Å²) >= 11 is 0. The zero-order valence-corrected chi connectivity index (χ0v) is 17.0. The predicted octanol–water partition coefficient (Wildman–Crippen LogP) is 1.76. The lowest BCUT2D eigenvalue weighted by Gasteiger charge is -2.38. The van der Waals surface area contributed by atoms with Crippen molar-refractivity contribution in [1.82, 2.24) is 14.5 Å². The lowest BCUT2D eigenvalue weighted by atomic mass is 10.1. The van der Waals surface area contributed by atoms with Crippen molar-refractivity contribution in [2.75, 3.05) is 13.1 Å². The van der Waals surface area contributed by atoms with Crippen LogP contribution in [0.25, 0.3) is 11.0 Å². The number of rotatable bonds is 5. The third-order valence-corrected chi connectivity index (χ3v) is 7.20. The van der Waals surface area contributed by atoms with Crippen molar-refractivity contribution >= 4 is 26.8 Å². The van der Waals surface area contributed by atoms with E-state index in [0.717, 1.165) is 5.69 Å². The van der Waals surface area contributed by atoms with Crippen LogP contribution in [0, 0.1) is 6.92 Å². The number of hydrogen-bond acceptors (Lipinski definition) is 6. The van der Waals surface area contributed by atoms with Crippen LogP contribution in [0.15, 0.2) is 45.9 Å². The molecule has 0 saturated carbocycles. The highest BCUT2D eigenvalue weighted by Crippen LogP contribution is 2.22. The number of amides is 1. The molecule has 0 radical (unpaired) electrons. The van der Waals surface area contributed by atoms with E-state index in [2.05, 4.69) is 4.98 Å². The molecule has 0 atom stereocenters. The van der Waals surface area contributed by atoms with Gasteiger partial charge in [0.05, 0.1) is 16.9 Å². The van der Waals surface area contributed by atoms with Gasteiger partial charge in [0.25, 0.3) is 5.91 Å². The van der Waals surface area contributed by atoms with E-state index >= 15 is 0 Å². The van der Waals surface area contributed by atoms with Crippen molar-refractivity contribution in [1.29, 1.82) is 0 Å². The van der Waals surface area contributed by atoms with Crippen molar-refractivity contribution in [3.8, 4) is 0 Å². The average Bonchev–Trinajstić information content (AvgIpc) is 3.12. The Kier molecular flexibility index (Phi) is 4.77. The predicted molar refractivity (Wildman–Crippen MR) is 107 cm³/mol. The fraction of sp³-hybridized carbons (Fsp3) is 0.350. The number of hydrogen-bond donors (Lipinski definition) is 0. The minimum atomic E-state index is -3.44. The second-order valence-electron chi connectivity index (χ2n) is 7.20. The topological polar surface area (TPSA) is 102 Å². The first-order valence-corrected chi connectivity index (χ1v) is 11.1. The van der Waals surface area contributed by atoms with Crippen LogP contribution in [0.2, 0.25) is 0 Å². The van der Waals surface area contributed by atoms with Crippen LogP contribution in [0.5, 0.6) is 0 Å². The third-order valence-electron chi connectivity index (χ3n) is 5.20. The molecule has 1 fully saturated rings. The molecule has 9 heteroatoms. The summed E-state index contributed by atoms with van der Waals surface area (Å²) < 4.78 is 31.9. The molecule has 1 saturated heterocycles. The summed E-state index contributed by atoms with van der Waals surface area (Å²) in [5.74, 6) is -0.280. The lowest BCUT2D eigenvalue weighted by molar-refractivity contribution is 0.0657. The van der Waals surface area contributed by atoms with Gasteiger partial charge >= 0.3 is 0 Å². The van der Waals surface area contributed by atoms with Gasteiger partial charge in [0.2, 0.25) is 5.43 Å². The number of carbonyl (C=O) groups is 1. The van der Waals surface area contributed by atoms with Crippen molar-refractivity contribution < 1.29 is 17.6 Å². The number of likely N-dealkylation sites (tertiary alicyclic amines) is 1. The molecule has 0 aromatic carbocycles. The summed E-state index contributed by atoms with van der Waals surface area (Å²) in [6.45, 7) is 4.43. The molecule has 0 bridgehead atoms. The molecule has 8 nitrogen and oxygen atoms in total. The van der Waals surface area contributed by atoms with Crippen LogP contribution in [0.3, 0.4) is 0 Å². The molecule has 3 aromatic rings. The lowest BCUT2D eigenvalue weighted by Crippen LogP contribution is -2.57. The van der Waals surface area contributed by atoms with Crippen molar-refractivity contribution in [3.63, 3.8) is 0 Å². The monoisotopic (exact) mass is 415 g/mol. The first-order valence-electron chi connectivity index (χ1n) is 9.34. The largest absolute Gasteiger partial charge is 0.468 e. The second kappa shape index (κ2) is 7.14. The number of sulfone groups is 1. The van der Waals surface area contributed by atoms with Gasteiger partial charge in [0, 0.05) is 31.5 Å². The van der Waals surface area contributed by atoms with Crippen LogP contribution in [0.4, 0.5) is 0 Å². The Morgan fingerprint density at radius 3 is 2.69 bits per heavy atom. The van der Waals surface area contributed by atoms with Crippen molar-refractivity contribution in [2.45, 2.75) is 31.4 Å². The van der Waals surface area contributed by atoms with E-state index in [9.17, 15) is 18.0 Å². The van der Waals surface area contributed by atoms with Gasteiger partial charge in [-0.1, -0.05) is 0 Å². The number of carbonyl (C=O) groups excluding carboxylic acids is 1. The molecule has 29 heavy (non-hydrogen) atoms. The third kappa shape index (κ3) is 3.46. The smallest absolute Gasteiger partial charge is 0.259 e. The molecule has 0 N–H and O–H groups in total. The molecule has 4 rings (SSSR count). The van der Waals surface area contributed by atoms with E-state index in [1.54, 1.807) is 28.8 Å². The molecule has 4 heterocycles. The van der Waals surface area contributed by atoms with E-state index < -0.39 is 21.0 Å². The highest BCUT2D eigenvalue weighted by molar-refractivity contribution is 7.91. The summed E-state index contributed by atoms with van der Waals surface area (Å²) in [6, 6.07) is 6.65. The van der Waals surface area contributed by atoms with Gasteiger partial charge in [-0.3, -0.25) is 9.59 Å². The summed E-state index contributed by atoms with van der Waals surface area (Å²) in [5.41, 5.74) is 0.970. The minimum absolute atomic E-state index is 0.0342. The molecule has 1 amide bonds. The van der Waals surface area contributed by atoms with E-state index in [1.807, 2.05) is 13.8 Å². The molecule has 1 aliphatic heterocycles. The Morgan fingerprint density at radius 2 is 2.03 bits per heavy atom. The number of nitrogens with zero attached hydrogens (tertiary/aromatic N) is 3. The van der Waals surface area contributed by atoms with Crippen LogP contribution in [-0.4, -0.2) is 47.1 Å². The fourth-order valence-electron chi connectivity index (χ4n) is 3.47. The van der Waals surface area contributed by atoms with E-state index in [4.69, 9.17) is 4.42 Å². The standard InChI is InChI=1S/C20H21N3O5S/c1-3-22-11-17(18(24)16-7-6-13(2)21-19(16)22)20(25)23-9-15(10-23)29(26,27)12-14-5-4-8-28-14/h4-8,11,15H,3,9-10,12H2,1-2H3. The van der Waals surface area contributed by atoms with Gasteiger partial charge in [0.1, 0.15) is 22.7 Å². The Balaban J connectivity index is 1.57. The number of fused-ring (bicyclic) bond motifs is 1. The van der Waals surface area contributed by atoms with Gasteiger partial charge in [-0.25, -0.2) is 13.4 Å². The zero-order valence-electron chi connectivity index (χ0n) is 16.2. The van der Waals surface area contributed by atoms with Crippen LogP contribution < -0.4 is 5.43 Å². The van der Waals surface area contributed by atoms with E-state index in [-0.39, 0.29) is 29.8 Å². The Bertz CT molecular complexity index is 1240. The van der Waals surface area contributed by atoms with Crippen molar-refractivity contribution in [3.05, 3.63) is 64.0 Å². The average molecular weight is 415 g/mol. The van der Waals surface area contributed by atoms with Gasteiger partial charge in [-0.2, -0.15) is 0 Å². The van der Waals surface area contributed by atoms with Crippen LogP contribution in [0.1, 0.15) is 28.7 Å². The highest BCUT2D eigenvalue weighted by Gasteiger charge is 2.41. The Hall–Kier alpha value is -2.94. The van der Waals surface area contributed by atoms with Gasteiger partial charge in [0.15, 0.2) is 9.84 Å². The molecule has 0 unspecified atom stereocenters. The summed E-state index contributed by atoms with van der Waals surface area (Å²) in [6.07, 6.45) is 2.94. The summed E-state index contributed by atoms with van der Waals surface area (Å²) in [4.78, 5) is 31.6. The van der Waals surface area contributed by atoms with E-state index in [0.29, 0.717) is 23.3 Å². The number of aryl methyl sites for hydroxylation is 2. The van der Waals surface area contributed by atoms with Gasteiger partial charge in [-0.15, -0.1) is 0 Å². The normalized spacial score (nSPS) is 14.9. The summed E-state index contributed by atoms with van der Waals surface area (Å²) in [7, 11) is -3.44. The Morgan fingerprint density at radius 1 is 1.28 bits per heavy atom. The van der Waals surface area contributed by atoms with Crippen LogP contribution in [-0.2, 0) is 22.1 Å². The van der Waals surface area contributed by atoms with Gasteiger partial charge < -0.3 is 13.9 Å². The maximum Gasteiger partial charge on any atom is 0.259 e. The fourth-order valence-corrected chi connectivity index (χ4v) is 5.08. The highest BCUT2D eigenvalue weighted by atomic mass is 32.2. The summed E-state index contributed by atoms with van der Waals surface area (Å²) in [5, 5.41) is -0.277. The molecular formula is C20H21N3O5S. The second-order valence-corrected chi connectivity index (χ2v) is 9.48. The Labute approximate surface area is 167 Å². The number of pyridine rings is 2. The maximum absolute atomic E-state index is 12.9. The number of furan rings is 1. The van der Waals surface area contributed by atoms with Crippen LogP contribution >= 0.6 is 0 Å². The first kappa shape index (κ1) is 19.4. The minimum Gasteiger partial charge on any atom is -0.468 e. The molecule has 0 spiro atoms. The molecular weight excluding hydrogens is 394 g/mol. The van der Waals surface area contributed by atoms with Gasteiger partial charge in [-0.05, 0) is 38.1 Å². The maximum atomic E-state index is 12.9.